The van der Waals surface area contributed by atoms with Crippen molar-refractivity contribution in [1.29, 1.82) is 0 Å². The molecule has 2 aromatic carbocycles. The summed E-state index contributed by atoms with van der Waals surface area (Å²) in [5.41, 5.74) is 2.99. The van der Waals surface area contributed by atoms with Crippen molar-refractivity contribution in [1.82, 2.24) is 20.4 Å². The lowest BCUT2D eigenvalue weighted by Crippen LogP contribution is -2.46. The van der Waals surface area contributed by atoms with Crippen molar-refractivity contribution in [3.63, 3.8) is 0 Å². The number of carbonyl (C=O) groups is 1. The Labute approximate surface area is 194 Å². The van der Waals surface area contributed by atoms with E-state index in [1.54, 1.807) is 28.4 Å². The van der Waals surface area contributed by atoms with E-state index in [2.05, 4.69) is 21.5 Å². The van der Waals surface area contributed by atoms with E-state index < -0.39 is 6.04 Å². The minimum Gasteiger partial charge on any atom is -0.334 e. The van der Waals surface area contributed by atoms with E-state index >= 15 is 0 Å². The highest BCUT2D eigenvalue weighted by Crippen LogP contribution is 2.37. The predicted molar refractivity (Wildman–Crippen MR) is 125 cm³/mol. The third-order valence-corrected chi connectivity index (χ3v) is 6.59. The lowest BCUT2D eigenvalue weighted by molar-refractivity contribution is 0.205. The number of hydrogen-bond acceptors (Lipinski definition) is 5. The predicted octanol–water partition coefficient (Wildman–Crippen LogP) is 5.68. The van der Waals surface area contributed by atoms with Gasteiger partial charge < -0.3 is 9.84 Å². The largest absolute Gasteiger partial charge is 0.334 e. The van der Waals surface area contributed by atoms with Crippen LogP contribution in [-0.2, 0) is 6.42 Å². The molecule has 0 bridgehead atoms. The van der Waals surface area contributed by atoms with Gasteiger partial charge in [-0.2, -0.15) is 4.98 Å². The number of urea groups is 1. The van der Waals surface area contributed by atoms with E-state index in [1.165, 1.54) is 17.0 Å². The number of benzene rings is 2. The minimum absolute atomic E-state index is 0.218. The molecule has 0 aliphatic carbocycles. The standard InChI is InChI=1S/C25H21FN4O2S/c1-16-21(24-28-23(29-32-24)18-6-3-2-4-7-18)22(17-9-11-19(26)12-10-17)27-25(31)30(16)14-13-20-8-5-15-33-20/h2-12,15,22H,13-14H2,1H3,(H,27,31). The number of nitrogens with zero attached hydrogens (tertiary/aromatic N) is 3. The molecule has 8 heteroatoms. The van der Waals surface area contributed by atoms with E-state index in [1.807, 2.05) is 48.7 Å². The highest BCUT2D eigenvalue weighted by molar-refractivity contribution is 7.09. The molecular weight excluding hydrogens is 439 g/mol. The highest BCUT2D eigenvalue weighted by atomic mass is 32.1. The van der Waals surface area contributed by atoms with Gasteiger partial charge in [0.05, 0.1) is 11.6 Å². The molecule has 4 aromatic rings. The third-order valence-electron chi connectivity index (χ3n) is 5.65. The molecule has 33 heavy (non-hydrogen) atoms. The Kier molecular flexibility index (Phi) is 5.75. The van der Waals surface area contributed by atoms with Gasteiger partial charge in [-0.05, 0) is 42.5 Å². The number of aromatic nitrogens is 2. The first-order valence-corrected chi connectivity index (χ1v) is 11.4. The molecule has 1 atom stereocenters. The fraction of sp³-hybridized carbons (Fsp3) is 0.160. The maximum absolute atomic E-state index is 13.6. The van der Waals surface area contributed by atoms with Gasteiger partial charge in [0.25, 0.3) is 5.89 Å². The lowest BCUT2D eigenvalue weighted by Gasteiger charge is -2.35. The van der Waals surface area contributed by atoms with Crippen LogP contribution in [0.25, 0.3) is 17.0 Å². The van der Waals surface area contributed by atoms with Gasteiger partial charge >= 0.3 is 6.03 Å². The van der Waals surface area contributed by atoms with Crippen LogP contribution in [0.3, 0.4) is 0 Å². The Morgan fingerprint density at radius 3 is 2.61 bits per heavy atom. The van der Waals surface area contributed by atoms with Crippen LogP contribution >= 0.6 is 11.3 Å². The first kappa shape index (κ1) is 21.1. The summed E-state index contributed by atoms with van der Waals surface area (Å²) in [5.74, 6) is 0.442. The van der Waals surface area contributed by atoms with Gasteiger partial charge in [0.1, 0.15) is 5.82 Å². The molecule has 1 aliphatic heterocycles. The third kappa shape index (κ3) is 4.29. The summed E-state index contributed by atoms with van der Waals surface area (Å²) in [6.07, 6.45) is 0.732. The first-order valence-electron chi connectivity index (χ1n) is 10.6. The molecule has 6 nitrogen and oxygen atoms in total. The molecule has 166 valence electrons. The van der Waals surface area contributed by atoms with Crippen molar-refractivity contribution in [2.24, 2.45) is 0 Å². The summed E-state index contributed by atoms with van der Waals surface area (Å²) in [6.45, 7) is 2.39. The average molecular weight is 461 g/mol. The van der Waals surface area contributed by atoms with Gasteiger partial charge in [-0.15, -0.1) is 11.3 Å². The van der Waals surface area contributed by atoms with Crippen LogP contribution in [0.15, 0.2) is 82.3 Å². The van der Waals surface area contributed by atoms with E-state index in [-0.39, 0.29) is 11.8 Å². The second-order valence-corrected chi connectivity index (χ2v) is 8.74. The van der Waals surface area contributed by atoms with Crippen molar-refractivity contribution in [2.45, 2.75) is 19.4 Å². The molecule has 1 N–H and O–H groups in total. The highest BCUT2D eigenvalue weighted by Gasteiger charge is 2.35. The second-order valence-electron chi connectivity index (χ2n) is 7.70. The molecule has 1 unspecified atom stereocenters. The first-order chi connectivity index (χ1) is 16.1. The monoisotopic (exact) mass is 460 g/mol. The topological polar surface area (TPSA) is 71.3 Å². The van der Waals surface area contributed by atoms with Crippen molar-refractivity contribution in [3.05, 3.63) is 100.0 Å². The van der Waals surface area contributed by atoms with Crippen molar-refractivity contribution >= 4 is 22.9 Å². The number of thiophene rings is 1. The van der Waals surface area contributed by atoms with Crippen molar-refractivity contribution in [3.8, 4) is 11.4 Å². The number of halogens is 1. The van der Waals surface area contributed by atoms with Crippen LogP contribution in [0.2, 0.25) is 0 Å². The smallest absolute Gasteiger partial charge is 0.322 e. The van der Waals surface area contributed by atoms with Crippen LogP contribution < -0.4 is 5.32 Å². The zero-order valence-corrected chi connectivity index (χ0v) is 18.7. The van der Waals surface area contributed by atoms with Crippen LogP contribution in [0.4, 0.5) is 9.18 Å². The number of hydrogen-bond donors (Lipinski definition) is 1. The van der Waals surface area contributed by atoms with Crippen LogP contribution in [-0.4, -0.2) is 27.6 Å². The summed E-state index contributed by atoms with van der Waals surface area (Å²) in [6, 6.07) is 18.9. The fourth-order valence-corrected chi connectivity index (χ4v) is 4.65. The summed E-state index contributed by atoms with van der Waals surface area (Å²) < 4.78 is 19.2. The van der Waals surface area contributed by atoms with Crippen LogP contribution in [0.5, 0.6) is 0 Å². The molecule has 0 fully saturated rings. The molecule has 0 spiro atoms. The summed E-state index contributed by atoms with van der Waals surface area (Å²) in [5, 5.41) is 9.22. The molecule has 3 heterocycles. The quantitative estimate of drug-likeness (QED) is 0.402. The maximum Gasteiger partial charge on any atom is 0.322 e. The molecular formula is C25H21FN4O2S. The van der Waals surface area contributed by atoms with Gasteiger partial charge in [-0.1, -0.05) is 53.7 Å². The van der Waals surface area contributed by atoms with Crippen LogP contribution in [0, 0.1) is 5.82 Å². The second kappa shape index (κ2) is 8.99. The number of amides is 2. The van der Waals surface area contributed by atoms with E-state index in [4.69, 9.17) is 4.52 Å². The number of carbonyl (C=O) groups excluding carboxylic acids is 1. The normalized spacial score (nSPS) is 16.2. The van der Waals surface area contributed by atoms with Gasteiger partial charge in [0.2, 0.25) is 5.82 Å². The molecule has 0 saturated heterocycles. The minimum atomic E-state index is -0.542. The maximum atomic E-state index is 13.6. The Bertz CT molecular complexity index is 1280. The van der Waals surface area contributed by atoms with E-state index in [0.29, 0.717) is 23.8 Å². The molecule has 1 aliphatic rings. The summed E-state index contributed by atoms with van der Waals surface area (Å²) in [7, 11) is 0. The Morgan fingerprint density at radius 2 is 1.88 bits per heavy atom. The summed E-state index contributed by atoms with van der Waals surface area (Å²) >= 11 is 1.66. The molecule has 0 radical (unpaired) electrons. The number of nitrogens with one attached hydrogen (secondary N) is 1. The lowest BCUT2D eigenvalue weighted by atomic mass is 9.94. The van der Waals surface area contributed by atoms with Gasteiger partial charge in [-0.25, -0.2) is 9.18 Å². The zero-order chi connectivity index (χ0) is 22.8. The van der Waals surface area contributed by atoms with Crippen molar-refractivity contribution in [2.75, 3.05) is 6.54 Å². The van der Waals surface area contributed by atoms with Gasteiger partial charge in [0.15, 0.2) is 0 Å². The Balaban J connectivity index is 1.55. The number of rotatable bonds is 6. The van der Waals surface area contributed by atoms with Crippen molar-refractivity contribution < 1.29 is 13.7 Å². The Hall–Kier alpha value is -3.78. The number of allylic oxidation sites excluding steroid dienone is 1. The fourth-order valence-electron chi connectivity index (χ4n) is 3.95. The average Bonchev–Trinajstić information content (AvgIpc) is 3.52. The van der Waals surface area contributed by atoms with E-state index in [9.17, 15) is 9.18 Å². The van der Waals surface area contributed by atoms with Crippen LogP contribution in [0.1, 0.15) is 29.3 Å². The Morgan fingerprint density at radius 1 is 1.09 bits per heavy atom. The molecule has 2 aromatic heterocycles. The van der Waals surface area contributed by atoms with Gasteiger partial charge in [-0.3, -0.25) is 4.90 Å². The molecule has 5 rings (SSSR count). The van der Waals surface area contributed by atoms with Gasteiger partial charge in [0, 0.05) is 22.7 Å². The summed E-state index contributed by atoms with van der Waals surface area (Å²) in [4.78, 5) is 20.6. The van der Waals surface area contributed by atoms with E-state index in [0.717, 1.165) is 23.2 Å². The molecule has 0 saturated carbocycles. The molecule has 2 amide bonds. The zero-order valence-electron chi connectivity index (χ0n) is 17.9. The SMILES string of the molecule is CC1=C(c2nc(-c3ccccc3)no2)C(c2ccc(F)cc2)NC(=O)N1CCc1cccs1.